The molecule has 5 heteroatoms. The standard InChI is InChI=1S/C11H18ClN3O/c1-3-16-11(6-4-8(2)5-7-11)9-13-10(12)15-14-9/h8H,3-7H2,1-2H3,(H,13,14,15). The highest BCUT2D eigenvalue weighted by atomic mass is 35.5. The van der Waals surface area contributed by atoms with Gasteiger partial charge in [0.1, 0.15) is 5.60 Å². The molecule has 0 saturated heterocycles. The molecule has 0 unspecified atom stereocenters. The molecule has 1 aromatic heterocycles. The van der Waals surface area contributed by atoms with Crippen LogP contribution in [0.15, 0.2) is 0 Å². The molecule has 4 nitrogen and oxygen atoms in total. The molecule has 1 aromatic rings. The van der Waals surface area contributed by atoms with Crippen molar-refractivity contribution in [2.45, 2.75) is 45.1 Å². The van der Waals surface area contributed by atoms with Crippen molar-refractivity contribution < 1.29 is 4.74 Å². The third-order valence-corrected chi connectivity index (χ3v) is 3.56. The molecule has 0 bridgehead atoms. The van der Waals surface area contributed by atoms with E-state index in [0.717, 1.165) is 37.4 Å². The zero-order valence-corrected chi connectivity index (χ0v) is 10.5. The van der Waals surface area contributed by atoms with Gasteiger partial charge >= 0.3 is 0 Å². The topological polar surface area (TPSA) is 50.8 Å². The Balaban J connectivity index is 2.22. The Morgan fingerprint density at radius 3 is 2.69 bits per heavy atom. The number of H-pyrrole nitrogens is 1. The van der Waals surface area contributed by atoms with E-state index in [0.29, 0.717) is 6.61 Å². The highest BCUT2D eigenvalue weighted by Gasteiger charge is 2.39. The Morgan fingerprint density at radius 1 is 1.50 bits per heavy atom. The molecular formula is C11H18ClN3O. The van der Waals surface area contributed by atoms with Gasteiger partial charge < -0.3 is 4.74 Å². The second-order valence-corrected chi connectivity index (χ2v) is 4.90. The van der Waals surface area contributed by atoms with Gasteiger partial charge in [0.15, 0.2) is 5.82 Å². The zero-order chi connectivity index (χ0) is 11.6. The van der Waals surface area contributed by atoms with Crippen LogP contribution in [0, 0.1) is 5.92 Å². The van der Waals surface area contributed by atoms with Crippen molar-refractivity contribution in [3.8, 4) is 0 Å². The van der Waals surface area contributed by atoms with E-state index in [9.17, 15) is 0 Å². The number of halogens is 1. The summed E-state index contributed by atoms with van der Waals surface area (Å²) in [6.07, 6.45) is 4.32. The van der Waals surface area contributed by atoms with Crippen LogP contribution in [0.3, 0.4) is 0 Å². The smallest absolute Gasteiger partial charge is 0.242 e. The first-order chi connectivity index (χ1) is 7.66. The molecule has 90 valence electrons. The molecule has 0 spiro atoms. The third-order valence-electron chi connectivity index (χ3n) is 3.39. The minimum absolute atomic E-state index is 0.271. The molecule has 1 aliphatic rings. The van der Waals surface area contributed by atoms with Crippen LogP contribution in [0.1, 0.15) is 45.4 Å². The number of hydrogen-bond acceptors (Lipinski definition) is 3. The monoisotopic (exact) mass is 243 g/mol. The van der Waals surface area contributed by atoms with Crippen LogP contribution in [0.4, 0.5) is 0 Å². The highest BCUT2D eigenvalue weighted by molar-refractivity contribution is 6.28. The summed E-state index contributed by atoms with van der Waals surface area (Å²) in [6, 6.07) is 0. The molecule has 1 N–H and O–H groups in total. The van der Waals surface area contributed by atoms with Gasteiger partial charge in [0, 0.05) is 6.61 Å². The summed E-state index contributed by atoms with van der Waals surface area (Å²) in [5, 5.41) is 7.06. The lowest BCUT2D eigenvalue weighted by molar-refractivity contribution is -0.0834. The van der Waals surface area contributed by atoms with E-state index in [1.54, 1.807) is 0 Å². The van der Waals surface area contributed by atoms with Gasteiger partial charge in [-0.1, -0.05) is 6.92 Å². The van der Waals surface area contributed by atoms with Crippen LogP contribution in [0.2, 0.25) is 5.28 Å². The normalized spacial score (nSPS) is 30.6. The number of ether oxygens (including phenoxy) is 1. The van der Waals surface area contributed by atoms with Gasteiger partial charge in [0.05, 0.1) is 0 Å². The van der Waals surface area contributed by atoms with Crippen LogP contribution in [0.25, 0.3) is 0 Å². The second-order valence-electron chi connectivity index (χ2n) is 4.56. The van der Waals surface area contributed by atoms with Crippen molar-refractivity contribution >= 4 is 11.6 Å². The van der Waals surface area contributed by atoms with E-state index in [-0.39, 0.29) is 10.9 Å². The first-order valence-corrected chi connectivity index (χ1v) is 6.26. The Hall–Kier alpha value is -0.610. The van der Waals surface area contributed by atoms with Crippen LogP contribution < -0.4 is 0 Å². The largest absolute Gasteiger partial charge is 0.367 e. The average Bonchev–Trinajstić information content (AvgIpc) is 2.70. The summed E-state index contributed by atoms with van der Waals surface area (Å²) in [4.78, 5) is 4.22. The molecule has 1 heterocycles. The van der Waals surface area contributed by atoms with Crippen molar-refractivity contribution in [3.63, 3.8) is 0 Å². The Kier molecular flexibility index (Phi) is 3.50. The van der Waals surface area contributed by atoms with Crippen molar-refractivity contribution in [3.05, 3.63) is 11.1 Å². The van der Waals surface area contributed by atoms with E-state index in [4.69, 9.17) is 16.3 Å². The molecule has 0 amide bonds. The number of nitrogens with one attached hydrogen (secondary N) is 1. The number of aromatic nitrogens is 3. The van der Waals surface area contributed by atoms with Crippen molar-refractivity contribution in [2.75, 3.05) is 6.61 Å². The maximum absolute atomic E-state index is 5.93. The SMILES string of the molecule is CCOC1(c2nc(Cl)n[nH]2)CCC(C)CC1. The molecule has 1 aliphatic carbocycles. The molecule has 16 heavy (non-hydrogen) atoms. The third kappa shape index (κ3) is 2.23. The van der Waals surface area contributed by atoms with Crippen LogP contribution in [-0.4, -0.2) is 21.8 Å². The van der Waals surface area contributed by atoms with Crippen molar-refractivity contribution in [1.82, 2.24) is 15.2 Å². The summed E-state index contributed by atoms with van der Waals surface area (Å²) < 4.78 is 5.93. The van der Waals surface area contributed by atoms with Crippen LogP contribution in [0.5, 0.6) is 0 Å². The number of nitrogens with zero attached hydrogens (tertiary/aromatic N) is 2. The van der Waals surface area contributed by atoms with E-state index in [2.05, 4.69) is 22.1 Å². The summed E-state index contributed by atoms with van der Waals surface area (Å²) in [7, 11) is 0. The van der Waals surface area contributed by atoms with E-state index < -0.39 is 0 Å². The van der Waals surface area contributed by atoms with Crippen molar-refractivity contribution in [1.29, 1.82) is 0 Å². The molecule has 0 aliphatic heterocycles. The number of aromatic amines is 1. The van der Waals surface area contributed by atoms with Crippen LogP contribution >= 0.6 is 11.6 Å². The van der Waals surface area contributed by atoms with Gasteiger partial charge in [-0.25, -0.2) is 0 Å². The predicted molar refractivity (Wildman–Crippen MR) is 62.3 cm³/mol. The molecule has 0 atom stereocenters. The van der Waals surface area contributed by atoms with Gasteiger partial charge in [-0.3, -0.25) is 5.10 Å². The molecule has 1 fully saturated rings. The van der Waals surface area contributed by atoms with Gasteiger partial charge in [0.2, 0.25) is 5.28 Å². The fourth-order valence-corrected chi connectivity index (χ4v) is 2.53. The van der Waals surface area contributed by atoms with Gasteiger partial charge in [-0.2, -0.15) is 4.98 Å². The summed E-state index contributed by atoms with van der Waals surface area (Å²) in [6.45, 7) is 4.98. The molecule has 1 saturated carbocycles. The molecular weight excluding hydrogens is 226 g/mol. The van der Waals surface area contributed by atoms with Crippen LogP contribution in [-0.2, 0) is 10.3 Å². The average molecular weight is 244 g/mol. The quantitative estimate of drug-likeness (QED) is 0.888. The fourth-order valence-electron chi connectivity index (χ4n) is 2.40. The number of rotatable bonds is 3. The maximum atomic E-state index is 5.93. The minimum atomic E-state index is -0.290. The highest BCUT2D eigenvalue weighted by Crippen LogP contribution is 2.41. The van der Waals surface area contributed by atoms with Crippen molar-refractivity contribution in [2.24, 2.45) is 5.92 Å². The first-order valence-electron chi connectivity index (χ1n) is 5.88. The second kappa shape index (κ2) is 4.72. The fraction of sp³-hybridized carbons (Fsp3) is 0.818. The number of hydrogen-bond donors (Lipinski definition) is 1. The van der Waals surface area contributed by atoms with Gasteiger partial charge in [-0.15, -0.1) is 5.10 Å². The first kappa shape index (κ1) is 11.9. The van der Waals surface area contributed by atoms with E-state index >= 15 is 0 Å². The summed E-state index contributed by atoms with van der Waals surface area (Å²) >= 11 is 5.76. The summed E-state index contributed by atoms with van der Waals surface area (Å²) in [5.41, 5.74) is -0.290. The van der Waals surface area contributed by atoms with Gasteiger partial charge in [0.25, 0.3) is 0 Å². The minimum Gasteiger partial charge on any atom is -0.367 e. The molecule has 0 aromatic carbocycles. The molecule has 0 radical (unpaired) electrons. The van der Waals surface area contributed by atoms with E-state index in [1.807, 2.05) is 6.92 Å². The predicted octanol–water partition coefficient (Wildman–Crippen LogP) is 2.90. The lowest BCUT2D eigenvalue weighted by Gasteiger charge is -2.37. The lowest BCUT2D eigenvalue weighted by atomic mass is 9.79. The molecule has 2 rings (SSSR count). The summed E-state index contributed by atoms with van der Waals surface area (Å²) in [5.74, 6) is 1.55. The lowest BCUT2D eigenvalue weighted by Crippen LogP contribution is -2.35. The maximum Gasteiger partial charge on any atom is 0.242 e. The Labute approximate surface area is 101 Å². The van der Waals surface area contributed by atoms with Gasteiger partial charge in [-0.05, 0) is 50.1 Å². The Morgan fingerprint density at radius 2 is 2.19 bits per heavy atom. The zero-order valence-electron chi connectivity index (χ0n) is 9.79. The Bertz CT molecular complexity index is 345. The van der Waals surface area contributed by atoms with E-state index in [1.165, 1.54) is 0 Å².